The normalized spacial score (nSPS) is 11.2. The van der Waals surface area contributed by atoms with Crippen LogP contribution in [0.15, 0.2) is 36.4 Å². The molecule has 0 atom stereocenters. The third-order valence-electron chi connectivity index (χ3n) is 8.09. The first-order valence-electron chi connectivity index (χ1n) is 17.3. The van der Waals surface area contributed by atoms with Crippen LogP contribution in [-0.2, 0) is 0 Å². The fourth-order valence-corrected chi connectivity index (χ4v) is 5.35. The van der Waals surface area contributed by atoms with Crippen LogP contribution in [0.3, 0.4) is 0 Å². The zero-order chi connectivity index (χ0) is 32.0. The van der Waals surface area contributed by atoms with Gasteiger partial charge in [-0.3, -0.25) is 0 Å². The van der Waals surface area contributed by atoms with E-state index in [1.165, 1.54) is 0 Å². The van der Waals surface area contributed by atoms with Crippen LogP contribution in [-0.4, -0.2) is 33.0 Å². The van der Waals surface area contributed by atoms with Gasteiger partial charge in [0, 0.05) is 0 Å². The Morgan fingerprint density at radius 1 is 0.400 bits per heavy atom. The van der Waals surface area contributed by atoms with Crippen LogP contribution in [0.1, 0.15) is 104 Å². The van der Waals surface area contributed by atoms with Crippen LogP contribution in [0.25, 0.3) is 32.3 Å². The zero-order valence-corrected chi connectivity index (χ0v) is 28.2. The van der Waals surface area contributed by atoms with Crippen molar-refractivity contribution in [2.75, 3.05) is 33.0 Å². The van der Waals surface area contributed by atoms with Crippen LogP contribution in [0.4, 0.5) is 0 Å². The average molecular weight is 613 g/mol. The Balaban J connectivity index is 2.05. The van der Waals surface area contributed by atoms with Gasteiger partial charge in [-0.2, -0.15) is 0 Å². The van der Waals surface area contributed by atoms with Gasteiger partial charge < -0.3 is 23.7 Å². The summed E-state index contributed by atoms with van der Waals surface area (Å²) < 4.78 is 31.7. The molecule has 0 saturated heterocycles. The minimum Gasteiger partial charge on any atom is -0.492 e. The second kappa shape index (κ2) is 17.6. The Hall–Kier alpha value is -3.78. The number of rotatable bonds is 20. The van der Waals surface area contributed by atoms with E-state index in [-0.39, 0.29) is 0 Å². The lowest BCUT2D eigenvalue weighted by Crippen LogP contribution is -2.04. The van der Waals surface area contributed by atoms with Crippen molar-refractivity contribution in [1.29, 1.82) is 0 Å². The molecule has 4 rings (SSSR count). The summed E-state index contributed by atoms with van der Waals surface area (Å²) in [5, 5.41) is 6.36. The molecule has 0 spiro atoms. The number of fused-ring (bicyclic) bond motifs is 6. The van der Waals surface area contributed by atoms with E-state index >= 15 is 0 Å². The van der Waals surface area contributed by atoms with Crippen molar-refractivity contribution in [3.63, 3.8) is 0 Å². The lowest BCUT2D eigenvalue weighted by molar-refractivity contribution is 0.262. The molecule has 45 heavy (non-hydrogen) atoms. The second-order valence-corrected chi connectivity index (χ2v) is 11.7. The smallest absolute Gasteiger partial charge is 0.161 e. The maximum Gasteiger partial charge on any atom is 0.161 e. The van der Waals surface area contributed by atoms with Crippen LogP contribution < -0.4 is 23.7 Å². The molecule has 0 unspecified atom stereocenters. The summed E-state index contributed by atoms with van der Waals surface area (Å²) in [6, 6.07) is 12.8. The first kappa shape index (κ1) is 34.1. The van der Waals surface area contributed by atoms with Gasteiger partial charge in [-0.25, -0.2) is 0 Å². The summed E-state index contributed by atoms with van der Waals surface area (Å²) in [7, 11) is 0. The van der Waals surface area contributed by atoms with Crippen LogP contribution >= 0.6 is 0 Å². The van der Waals surface area contributed by atoms with Crippen molar-refractivity contribution >= 4 is 32.3 Å². The van der Waals surface area contributed by atoms with Crippen molar-refractivity contribution in [2.45, 2.75) is 98.8 Å². The molecular formula is C40H52O5. The number of hydrogen-bond acceptors (Lipinski definition) is 5. The van der Waals surface area contributed by atoms with Crippen molar-refractivity contribution in [3.8, 4) is 41.1 Å². The molecule has 0 heterocycles. The Morgan fingerprint density at radius 2 is 0.644 bits per heavy atom. The van der Waals surface area contributed by atoms with Gasteiger partial charge in [0.1, 0.15) is 5.75 Å². The summed E-state index contributed by atoms with van der Waals surface area (Å²) in [6.45, 7) is 14.0. The van der Waals surface area contributed by atoms with Gasteiger partial charge in [0.05, 0.1) is 38.6 Å². The van der Waals surface area contributed by atoms with Crippen molar-refractivity contribution < 1.29 is 23.7 Å². The lowest BCUT2D eigenvalue weighted by atomic mass is 9.92. The lowest BCUT2D eigenvalue weighted by Gasteiger charge is -2.20. The zero-order valence-electron chi connectivity index (χ0n) is 28.2. The number of ether oxygens (including phenoxy) is 5. The van der Waals surface area contributed by atoms with Gasteiger partial charge in [-0.1, -0.05) is 72.6 Å². The molecule has 5 nitrogen and oxygen atoms in total. The summed E-state index contributed by atoms with van der Waals surface area (Å²) >= 11 is 0. The van der Waals surface area contributed by atoms with E-state index in [1.807, 2.05) is 0 Å². The Bertz CT molecular complexity index is 1540. The van der Waals surface area contributed by atoms with Crippen LogP contribution in [0.2, 0.25) is 0 Å². The molecule has 0 radical (unpaired) electrons. The molecule has 0 fully saturated rings. The summed E-state index contributed by atoms with van der Waals surface area (Å²) in [5.74, 6) is 6.68. The largest absolute Gasteiger partial charge is 0.492 e. The van der Waals surface area contributed by atoms with E-state index in [4.69, 9.17) is 30.1 Å². The average Bonchev–Trinajstić information content (AvgIpc) is 3.05. The molecule has 0 bridgehead atoms. The topological polar surface area (TPSA) is 46.2 Å². The number of terminal acetylenes is 1. The maximum atomic E-state index is 6.37. The molecule has 4 aromatic carbocycles. The highest BCUT2D eigenvalue weighted by Crippen LogP contribution is 2.46. The Kier molecular flexibility index (Phi) is 13.4. The van der Waals surface area contributed by atoms with E-state index in [0.717, 1.165) is 131 Å². The molecule has 0 aromatic heterocycles. The predicted molar refractivity (Wildman–Crippen MR) is 189 cm³/mol. The Labute approximate surface area is 270 Å². The van der Waals surface area contributed by atoms with Gasteiger partial charge in [0.25, 0.3) is 0 Å². The summed E-state index contributed by atoms with van der Waals surface area (Å²) in [5.41, 5.74) is 0.745. The predicted octanol–water partition coefficient (Wildman–Crippen LogP) is 11.0. The molecule has 0 aliphatic heterocycles. The molecule has 0 saturated carbocycles. The molecule has 5 heteroatoms. The molecule has 0 aliphatic carbocycles. The number of unbranched alkanes of at least 4 members (excludes halogenated alkanes) is 5. The fraction of sp³-hybridized carbons (Fsp3) is 0.500. The van der Waals surface area contributed by atoms with E-state index in [2.05, 4.69) is 76.9 Å². The summed E-state index contributed by atoms with van der Waals surface area (Å²) in [6.07, 6.45) is 16.2. The quantitative estimate of drug-likeness (QED) is 0.0564. The van der Waals surface area contributed by atoms with Crippen LogP contribution in [0, 0.1) is 12.3 Å². The third kappa shape index (κ3) is 8.48. The number of hydrogen-bond donors (Lipinski definition) is 0. The Morgan fingerprint density at radius 3 is 0.911 bits per heavy atom. The van der Waals surface area contributed by atoms with Gasteiger partial charge in [0.15, 0.2) is 23.0 Å². The molecule has 0 amide bonds. The maximum absolute atomic E-state index is 6.37. The highest BCUT2D eigenvalue weighted by atomic mass is 16.5. The van der Waals surface area contributed by atoms with E-state index in [0.29, 0.717) is 33.0 Å². The first-order chi connectivity index (χ1) is 22.1. The highest BCUT2D eigenvalue weighted by Gasteiger charge is 2.19. The summed E-state index contributed by atoms with van der Waals surface area (Å²) in [4.78, 5) is 0. The molecular weight excluding hydrogens is 560 g/mol. The molecule has 0 N–H and O–H groups in total. The first-order valence-corrected chi connectivity index (χ1v) is 17.3. The minimum atomic E-state index is 0.622. The molecule has 242 valence electrons. The van der Waals surface area contributed by atoms with E-state index < -0.39 is 0 Å². The number of benzene rings is 4. The van der Waals surface area contributed by atoms with Gasteiger partial charge in [-0.05, 0) is 101 Å². The second-order valence-electron chi connectivity index (χ2n) is 11.7. The fourth-order valence-electron chi connectivity index (χ4n) is 5.35. The van der Waals surface area contributed by atoms with Crippen LogP contribution in [0.5, 0.6) is 28.7 Å². The molecule has 0 aliphatic rings. The van der Waals surface area contributed by atoms with Crippen molar-refractivity contribution in [2.24, 2.45) is 0 Å². The van der Waals surface area contributed by atoms with E-state index in [9.17, 15) is 0 Å². The molecule has 4 aromatic rings. The van der Waals surface area contributed by atoms with Crippen molar-refractivity contribution in [3.05, 3.63) is 42.0 Å². The van der Waals surface area contributed by atoms with Gasteiger partial charge in [0.2, 0.25) is 0 Å². The third-order valence-corrected chi connectivity index (χ3v) is 8.09. The van der Waals surface area contributed by atoms with E-state index in [1.54, 1.807) is 0 Å². The standard InChI is InChI=1S/C40H52O5/c1-7-13-18-41-36-24-31-30(23-29(36)12-6)32-25-37(42-19-14-8-2)39(44-21-16-10-4)27-34(32)35-28-40(45-22-17-11-5)38(26-33(31)35)43-20-15-9-3/h6,23-28H,7-11,13-22H2,1-5H3. The van der Waals surface area contributed by atoms with Gasteiger partial charge >= 0.3 is 0 Å². The SMILES string of the molecule is C#Cc1cc2c(cc1OCCCC)c1cc(OCCCC)c(OCCCC)cc1c1cc(OCCCC)c(OCCCC)cc21. The highest BCUT2D eigenvalue weighted by molar-refractivity contribution is 6.26. The van der Waals surface area contributed by atoms with Gasteiger partial charge in [-0.15, -0.1) is 6.42 Å². The van der Waals surface area contributed by atoms with Crippen molar-refractivity contribution in [1.82, 2.24) is 0 Å². The minimum absolute atomic E-state index is 0.622. The monoisotopic (exact) mass is 612 g/mol.